The second-order valence-corrected chi connectivity index (χ2v) is 6.66. The topological polar surface area (TPSA) is 75.2 Å². The third kappa shape index (κ3) is 7.37. The summed E-state index contributed by atoms with van der Waals surface area (Å²) in [5.41, 5.74) is 2.22. The number of guanidine groups is 1. The van der Waals surface area contributed by atoms with Gasteiger partial charge in [-0.3, -0.25) is 4.79 Å². The van der Waals surface area contributed by atoms with E-state index in [-0.39, 0.29) is 12.5 Å². The molecule has 0 saturated heterocycles. The van der Waals surface area contributed by atoms with Crippen LogP contribution in [0, 0.1) is 0 Å². The van der Waals surface area contributed by atoms with Gasteiger partial charge in [0.25, 0.3) is 0 Å². The minimum Gasteiger partial charge on any atom is -0.493 e. The number of ether oxygens (including phenoxy) is 2. The van der Waals surface area contributed by atoms with E-state index < -0.39 is 0 Å². The van der Waals surface area contributed by atoms with E-state index in [1.54, 1.807) is 33.2 Å². The third-order valence-electron chi connectivity index (χ3n) is 4.32. The van der Waals surface area contributed by atoms with E-state index in [9.17, 15) is 4.79 Å². The summed E-state index contributed by atoms with van der Waals surface area (Å²) in [6.07, 6.45) is 0.861. The maximum atomic E-state index is 11.9. The zero-order valence-corrected chi connectivity index (χ0v) is 17.6. The first-order valence-corrected chi connectivity index (χ1v) is 9.50. The van der Waals surface area contributed by atoms with E-state index in [2.05, 4.69) is 27.8 Å². The highest BCUT2D eigenvalue weighted by atomic mass is 16.5. The van der Waals surface area contributed by atoms with Crippen LogP contribution >= 0.6 is 0 Å². The Balaban J connectivity index is 2.03. The van der Waals surface area contributed by atoms with Gasteiger partial charge in [0.05, 0.1) is 27.3 Å². The van der Waals surface area contributed by atoms with Crippen molar-refractivity contribution in [3.05, 3.63) is 59.7 Å². The second kappa shape index (κ2) is 11.6. The summed E-state index contributed by atoms with van der Waals surface area (Å²) in [7, 11) is 6.67. The van der Waals surface area contributed by atoms with Crippen LogP contribution in [0.5, 0.6) is 11.5 Å². The lowest BCUT2D eigenvalue weighted by atomic mass is 10.1. The molecule has 0 unspecified atom stereocenters. The Hall–Kier alpha value is -3.22. The molecule has 0 saturated carbocycles. The van der Waals surface area contributed by atoms with Gasteiger partial charge in [-0.15, -0.1) is 0 Å². The van der Waals surface area contributed by atoms with Crippen molar-refractivity contribution in [2.75, 3.05) is 41.4 Å². The lowest BCUT2D eigenvalue weighted by Crippen LogP contribution is -2.43. The summed E-state index contributed by atoms with van der Waals surface area (Å²) in [6, 6.07) is 15.9. The van der Waals surface area contributed by atoms with Crippen LogP contribution in [0.1, 0.15) is 11.1 Å². The number of carbonyl (C=O) groups is 1. The summed E-state index contributed by atoms with van der Waals surface area (Å²) in [4.78, 5) is 18.1. The molecule has 0 aliphatic carbocycles. The molecule has 0 radical (unpaired) electrons. The number of nitrogens with zero attached hydrogens (tertiary/aromatic N) is 2. The van der Waals surface area contributed by atoms with Crippen molar-refractivity contribution < 1.29 is 14.3 Å². The van der Waals surface area contributed by atoms with Gasteiger partial charge in [-0.25, -0.2) is 4.99 Å². The van der Waals surface area contributed by atoms with Gasteiger partial charge in [-0.1, -0.05) is 36.4 Å². The summed E-state index contributed by atoms with van der Waals surface area (Å²) < 4.78 is 10.6. The smallest absolute Gasteiger partial charge is 0.241 e. The van der Waals surface area contributed by atoms with Gasteiger partial charge in [0, 0.05) is 20.6 Å². The van der Waals surface area contributed by atoms with Gasteiger partial charge in [0.2, 0.25) is 5.91 Å². The van der Waals surface area contributed by atoms with Crippen molar-refractivity contribution in [2.45, 2.75) is 13.0 Å². The molecule has 1 amide bonds. The highest BCUT2D eigenvalue weighted by Crippen LogP contribution is 2.27. The van der Waals surface area contributed by atoms with Gasteiger partial charge in [-0.05, 0) is 29.7 Å². The van der Waals surface area contributed by atoms with Crippen LogP contribution in [-0.4, -0.2) is 58.2 Å². The Morgan fingerprint density at radius 1 is 0.966 bits per heavy atom. The van der Waals surface area contributed by atoms with Gasteiger partial charge in [0.1, 0.15) is 0 Å². The molecule has 29 heavy (non-hydrogen) atoms. The largest absolute Gasteiger partial charge is 0.493 e. The fourth-order valence-electron chi connectivity index (χ4n) is 2.61. The minimum absolute atomic E-state index is 0.0197. The average molecular weight is 399 g/mol. The Morgan fingerprint density at radius 2 is 1.69 bits per heavy atom. The lowest BCUT2D eigenvalue weighted by Gasteiger charge is -2.15. The van der Waals surface area contributed by atoms with E-state index in [1.807, 2.05) is 36.4 Å². The predicted molar refractivity (Wildman–Crippen MR) is 116 cm³/mol. The maximum Gasteiger partial charge on any atom is 0.241 e. The van der Waals surface area contributed by atoms with Crippen molar-refractivity contribution in [2.24, 2.45) is 4.99 Å². The molecule has 0 aliphatic rings. The monoisotopic (exact) mass is 398 g/mol. The maximum absolute atomic E-state index is 11.9. The average Bonchev–Trinajstić information content (AvgIpc) is 2.75. The number of aliphatic imine (C=N–C) groups is 1. The molecule has 0 bridgehead atoms. The van der Waals surface area contributed by atoms with E-state index in [0.29, 0.717) is 30.5 Å². The van der Waals surface area contributed by atoms with Crippen LogP contribution < -0.4 is 20.1 Å². The number of carbonyl (C=O) groups excluding carboxylic acids is 1. The Labute approximate surface area is 172 Å². The molecule has 0 heterocycles. The van der Waals surface area contributed by atoms with Gasteiger partial charge in [0.15, 0.2) is 17.5 Å². The van der Waals surface area contributed by atoms with Crippen molar-refractivity contribution in [1.82, 2.24) is 15.5 Å². The Kier molecular flexibility index (Phi) is 8.82. The number of likely N-dealkylation sites (N-methyl/N-ethyl adjacent to an activating group) is 1. The van der Waals surface area contributed by atoms with Gasteiger partial charge < -0.3 is 25.0 Å². The second-order valence-electron chi connectivity index (χ2n) is 6.66. The molecular formula is C22H30N4O3. The fourth-order valence-corrected chi connectivity index (χ4v) is 2.61. The zero-order chi connectivity index (χ0) is 21.1. The van der Waals surface area contributed by atoms with E-state index in [0.717, 1.165) is 12.0 Å². The molecule has 0 atom stereocenters. The Bertz CT molecular complexity index is 807. The number of benzene rings is 2. The molecule has 156 valence electrons. The van der Waals surface area contributed by atoms with Crippen LogP contribution in [0.15, 0.2) is 53.5 Å². The number of hydrogen-bond donors (Lipinski definition) is 2. The minimum atomic E-state index is -0.0197. The van der Waals surface area contributed by atoms with Crippen molar-refractivity contribution in [3.63, 3.8) is 0 Å². The molecule has 2 aromatic carbocycles. The normalized spacial score (nSPS) is 11.0. The molecule has 0 aromatic heterocycles. The highest BCUT2D eigenvalue weighted by molar-refractivity contribution is 5.86. The highest BCUT2D eigenvalue weighted by Gasteiger charge is 2.07. The number of methoxy groups -OCH3 is 2. The van der Waals surface area contributed by atoms with E-state index in [1.165, 1.54) is 5.56 Å². The molecule has 7 heteroatoms. The predicted octanol–water partition coefficient (Wildman–Crippen LogP) is 2.07. The fraction of sp³-hybridized carbons (Fsp3) is 0.364. The molecule has 2 N–H and O–H groups in total. The number of rotatable bonds is 9. The number of hydrogen-bond acceptors (Lipinski definition) is 4. The first-order valence-electron chi connectivity index (χ1n) is 9.50. The first-order chi connectivity index (χ1) is 14.0. The molecule has 7 nitrogen and oxygen atoms in total. The first kappa shape index (κ1) is 22.1. The van der Waals surface area contributed by atoms with Crippen molar-refractivity contribution >= 4 is 11.9 Å². The molecule has 0 aliphatic heterocycles. The lowest BCUT2D eigenvalue weighted by molar-refractivity contribution is -0.127. The zero-order valence-electron chi connectivity index (χ0n) is 17.6. The van der Waals surface area contributed by atoms with Crippen LogP contribution in [0.3, 0.4) is 0 Å². The Morgan fingerprint density at radius 3 is 2.34 bits per heavy atom. The molecular weight excluding hydrogens is 368 g/mol. The standard InChI is InChI=1S/C22H30N4O3/c1-26(2)21(27)16-25-22(23-13-12-17-8-6-5-7-9-17)24-15-18-10-11-19(28-3)20(14-18)29-4/h5-11,14H,12-13,15-16H2,1-4H3,(H2,23,24,25). The molecule has 2 aromatic rings. The van der Waals surface area contributed by atoms with Crippen molar-refractivity contribution in [3.8, 4) is 11.5 Å². The van der Waals surface area contributed by atoms with Crippen LogP contribution in [0.4, 0.5) is 0 Å². The van der Waals surface area contributed by atoms with Crippen molar-refractivity contribution in [1.29, 1.82) is 0 Å². The summed E-state index contributed by atoms with van der Waals surface area (Å²) in [6.45, 7) is 1.32. The molecule has 0 spiro atoms. The summed E-state index contributed by atoms with van der Waals surface area (Å²) >= 11 is 0. The third-order valence-corrected chi connectivity index (χ3v) is 4.32. The van der Waals surface area contributed by atoms with Gasteiger partial charge >= 0.3 is 0 Å². The van der Waals surface area contributed by atoms with E-state index in [4.69, 9.17) is 9.47 Å². The van der Waals surface area contributed by atoms with Gasteiger partial charge in [-0.2, -0.15) is 0 Å². The van der Waals surface area contributed by atoms with E-state index >= 15 is 0 Å². The molecule has 2 rings (SSSR count). The quantitative estimate of drug-likeness (QED) is 0.500. The number of amides is 1. The number of nitrogens with one attached hydrogen (secondary N) is 2. The van der Waals surface area contributed by atoms with Crippen LogP contribution in [-0.2, 0) is 17.8 Å². The van der Waals surface area contributed by atoms with Crippen LogP contribution in [0.25, 0.3) is 0 Å². The van der Waals surface area contributed by atoms with Crippen LogP contribution in [0.2, 0.25) is 0 Å². The summed E-state index contributed by atoms with van der Waals surface area (Å²) in [5, 5.41) is 6.40. The summed E-state index contributed by atoms with van der Waals surface area (Å²) in [5.74, 6) is 1.91. The molecule has 0 fully saturated rings. The SMILES string of the molecule is COc1ccc(CN=C(NCCc2ccccc2)NCC(=O)N(C)C)cc1OC.